The highest BCUT2D eigenvalue weighted by Crippen LogP contribution is 2.24. The fraction of sp³-hybridized carbons (Fsp3) is 0.286. The smallest absolute Gasteiger partial charge is 0.230 e. The van der Waals surface area contributed by atoms with Gasteiger partial charge in [0.1, 0.15) is 17.3 Å². The molecule has 0 bridgehead atoms. The van der Waals surface area contributed by atoms with Gasteiger partial charge in [0.15, 0.2) is 5.82 Å². The van der Waals surface area contributed by atoms with E-state index >= 15 is 0 Å². The average Bonchev–Trinajstić information content (AvgIpc) is 2.72. The Labute approximate surface area is 116 Å². The molecule has 2 aromatic rings. The molecule has 20 heavy (non-hydrogen) atoms. The predicted molar refractivity (Wildman–Crippen MR) is 73.0 cm³/mol. The summed E-state index contributed by atoms with van der Waals surface area (Å²) in [5, 5.41) is 15.8. The van der Waals surface area contributed by atoms with Gasteiger partial charge in [0.05, 0.1) is 13.5 Å². The molecular formula is C14H16N2O4. The van der Waals surface area contributed by atoms with Crippen LogP contribution in [0.4, 0.5) is 5.82 Å². The number of ether oxygens (including phenoxy) is 1. The molecule has 1 aromatic carbocycles. The second-order valence-corrected chi connectivity index (χ2v) is 4.43. The van der Waals surface area contributed by atoms with Crippen LogP contribution in [0, 0.1) is 13.8 Å². The average molecular weight is 276 g/mol. The number of amides is 1. The Balaban J connectivity index is 2.10. The Hall–Kier alpha value is -2.50. The number of aryl methyl sites for hydroxylation is 1. The van der Waals surface area contributed by atoms with Crippen molar-refractivity contribution in [3.63, 3.8) is 0 Å². The Morgan fingerprint density at radius 3 is 2.80 bits per heavy atom. The molecule has 0 unspecified atom stereocenters. The lowest BCUT2D eigenvalue weighted by Crippen LogP contribution is -2.15. The molecule has 0 aliphatic heterocycles. The van der Waals surface area contributed by atoms with E-state index < -0.39 is 0 Å². The molecule has 0 saturated heterocycles. The van der Waals surface area contributed by atoms with Crippen LogP contribution in [-0.2, 0) is 11.2 Å². The number of carbonyl (C=O) groups is 1. The summed E-state index contributed by atoms with van der Waals surface area (Å²) in [4.78, 5) is 12.0. The Bertz CT molecular complexity index is 634. The number of methoxy groups -OCH3 is 1. The fourth-order valence-corrected chi connectivity index (χ4v) is 1.76. The SMILES string of the molecule is COc1cc(O)ccc1CC(=O)Nc1noc(C)c1C. The van der Waals surface area contributed by atoms with Gasteiger partial charge in [-0.25, -0.2) is 0 Å². The van der Waals surface area contributed by atoms with Crippen LogP contribution in [-0.4, -0.2) is 23.3 Å². The normalized spacial score (nSPS) is 10.3. The summed E-state index contributed by atoms with van der Waals surface area (Å²) >= 11 is 0. The van der Waals surface area contributed by atoms with E-state index in [1.165, 1.54) is 19.2 Å². The van der Waals surface area contributed by atoms with Crippen molar-refractivity contribution in [1.29, 1.82) is 0 Å². The second kappa shape index (κ2) is 5.64. The molecule has 0 aliphatic rings. The molecule has 0 radical (unpaired) electrons. The van der Waals surface area contributed by atoms with Gasteiger partial charge in [-0.3, -0.25) is 4.79 Å². The van der Waals surface area contributed by atoms with Crippen LogP contribution in [0.25, 0.3) is 0 Å². The van der Waals surface area contributed by atoms with E-state index in [2.05, 4.69) is 10.5 Å². The number of nitrogens with one attached hydrogen (secondary N) is 1. The maximum atomic E-state index is 12.0. The lowest BCUT2D eigenvalue weighted by molar-refractivity contribution is -0.115. The Morgan fingerprint density at radius 2 is 2.20 bits per heavy atom. The summed E-state index contributed by atoms with van der Waals surface area (Å²) in [6.07, 6.45) is 0.120. The number of rotatable bonds is 4. The lowest BCUT2D eigenvalue weighted by Gasteiger charge is -2.08. The van der Waals surface area contributed by atoms with Crippen LogP contribution in [0.3, 0.4) is 0 Å². The van der Waals surface area contributed by atoms with Gasteiger partial charge in [-0.05, 0) is 19.9 Å². The van der Waals surface area contributed by atoms with Gasteiger partial charge in [0.2, 0.25) is 5.91 Å². The van der Waals surface area contributed by atoms with Crippen LogP contribution >= 0.6 is 0 Å². The van der Waals surface area contributed by atoms with E-state index in [1.54, 1.807) is 13.0 Å². The first-order valence-electron chi connectivity index (χ1n) is 6.10. The van der Waals surface area contributed by atoms with Crippen molar-refractivity contribution in [1.82, 2.24) is 5.16 Å². The fourth-order valence-electron chi connectivity index (χ4n) is 1.76. The number of benzene rings is 1. The van der Waals surface area contributed by atoms with Gasteiger partial charge < -0.3 is 19.7 Å². The topological polar surface area (TPSA) is 84.6 Å². The van der Waals surface area contributed by atoms with E-state index in [0.717, 1.165) is 5.56 Å². The van der Waals surface area contributed by atoms with Crippen LogP contribution in [0.5, 0.6) is 11.5 Å². The van der Waals surface area contributed by atoms with Gasteiger partial charge in [-0.1, -0.05) is 11.2 Å². The summed E-state index contributed by atoms with van der Waals surface area (Å²) in [5.74, 6) is 1.42. The number of anilines is 1. The molecule has 0 atom stereocenters. The zero-order chi connectivity index (χ0) is 14.7. The second-order valence-electron chi connectivity index (χ2n) is 4.43. The number of aromatic nitrogens is 1. The maximum absolute atomic E-state index is 12.0. The number of carbonyl (C=O) groups excluding carboxylic acids is 1. The number of nitrogens with zero attached hydrogens (tertiary/aromatic N) is 1. The maximum Gasteiger partial charge on any atom is 0.230 e. The summed E-state index contributed by atoms with van der Waals surface area (Å²) in [7, 11) is 1.49. The monoisotopic (exact) mass is 276 g/mol. The van der Waals surface area contributed by atoms with Crippen LogP contribution in [0.15, 0.2) is 22.7 Å². The molecule has 0 saturated carbocycles. The highest BCUT2D eigenvalue weighted by atomic mass is 16.5. The number of phenols is 1. The Kier molecular flexibility index (Phi) is 3.93. The Morgan fingerprint density at radius 1 is 1.45 bits per heavy atom. The van der Waals surface area contributed by atoms with E-state index in [0.29, 0.717) is 22.9 Å². The van der Waals surface area contributed by atoms with Crippen LogP contribution in [0.1, 0.15) is 16.9 Å². The van der Waals surface area contributed by atoms with Gasteiger partial charge in [-0.2, -0.15) is 0 Å². The third kappa shape index (κ3) is 2.90. The van der Waals surface area contributed by atoms with Crippen molar-refractivity contribution >= 4 is 11.7 Å². The number of hydrogen-bond donors (Lipinski definition) is 2. The largest absolute Gasteiger partial charge is 0.508 e. The number of hydrogen-bond acceptors (Lipinski definition) is 5. The molecule has 6 heteroatoms. The first-order chi connectivity index (χ1) is 9.51. The van der Waals surface area contributed by atoms with E-state index in [-0.39, 0.29) is 18.1 Å². The lowest BCUT2D eigenvalue weighted by atomic mass is 10.1. The summed E-state index contributed by atoms with van der Waals surface area (Å²) in [5.41, 5.74) is 1.48. The molecule has 0 fully saturated rings. The van der Waals surface area contributed by atoms with E-state index in [9.17, 15) is 9.90 Å². The molecular weight excluding hydrogens is 260 g/mol. The number of phenolic OH excluding ortho intramolecular Hbond substituents is 1. The zero-order valence-corrected chi connectivity index (χ0v) is 11.6. The van der Waals surface area contributed by atoms with Gasteiger partial charge in [0, 0.05) is 17.2 Å². The molecule has 2 N–H and O–H groups in total. The molecule has 0 spiro atoms. The minimum absolute atomic E-state index is 0.0916. The van der Waals surface area contributed by atoms with Gasteiger partial charge in [0.25, 0.3) is 0 Å². The highest BCUT2D eigenvalue weighted by Gasteiger charge is 2.14. The first kappa shape index (κ1) is 13.9. The molecule has 1 aromatic heterocycles. The summed E-state index contributed by atoms with van der Waals surface area (Å²) in [6.45, 7) is 3.60. The van der Waals surface area contributed by atoms with Gasteiger partial charge >= 0.3 is 0 Å². The molecule has 0 aliphatic carbocycles. The molecule has 106 valence electrons. The van der Waals surface area contributed by atoms with Crippen molar-refractivity contribution < 1.29 is 19.2 Å². The minimum atomic E-state index is -0.231. The van der Waals surface area contributed by atoms with Crippen molar-refractivity contribution in [3.8, 4) is 11.5 Å². The number of aromatic hydroxyl groups is 1. The van der Waals surface area contributed by atoms with Crippen LogP contribution < -0.4 is 10.1 Å². The minimum Gasteiger partial charge on any atom is -0.508 e. The highest BCUT2D eigenvalue weighted by molar-refractivity contribution is 5.92. The van der Waals surface area contributed by atoms with Crippen molar-refractivity contribution in [3.05, 3.63) is 35.1 Å². The van der Waals surface area contributed by atoms with Crippen LogP contribution in [0.2, 0.25) is 0 Å². The predicted octanol–water partition coefficient (Wildman–Crippen LogP) is 2.19. The molecule has 1 heterocycles. The zero-order valence-electron chi connectivity index (χ0n) is 11.6. The summed E-state index contributed by atoms with van der Waals surface area (Å²) in [6, 6.07) is 4.62. The van der Waals surface area contributed by atoms with Crippen molar-refractivity contribution in [2.45, 2.75) is 20.3 Å². The third-order valence-corrected chi connectivity index (χ3v) is 3.04. The molecule has 1 amide bonds. The standard InChI is InChI=1S/C14H16N2O4/c1-8-9(2)20-16-14(8)15-13(18)6-10-4-5-11(17)7-12(10)19-3/h4-5,7,17H,6H2,1-3H3,(H,15,16,18). The van der Waals surface area contributed by atoms with Gasteiger partial charge in [-0.15, -0.1) is 0 Å². The molecule has 2 rings (SSSR count). The van der Waals surface area contributed by atoms with Crippen molar-refractivity contribution in [2.24, 2.45) is 0 Å². The first-order valence-corrected chi connectivity index (χ1v) is 6.10. The third-order valence-electron chi connectivity index (χ3n) is 3.04. The van der Waals surface area contributed by atoms with E-state index in [4.69, 9.17) is 9.26 Å². The van der Waals surface area contributed by atoms with Crippen molar-refractivity contribution in [2.75, 3.05) is 12.4 Å². The molecule has 6 nitrogen and oxygen atoms in total. The summed E-state index contributed by atoms with van der Waals surface area (Å²) < 4.78 is 10.1. The quantitative estimate of drug-likeness (QED) is 0.894. The van der Waals surface area contributed by atoms with E-state index in [1.807, 2.05) is 6.92 Å².